The normalized spacial score (nSPS) is 12.6. The lowest BCUT2D eigenvalue weighted by Gasteiger charge is -2.19. The second-order valence-corrected chi connectivity index (χ2v) is 8.20. The van der Waals surface area contributed by atoms with Gasteiger partial charge in [-0.3, -0.25) is 4.79 Å². The fourth-order valence-corrected chi connectivity index (χ4v) is 4.14. The number of carboxylic acids is 1. The van der Waals surface area contributed by atoms with Gasteiger partial charge in [-0.05, 0) is 47.9 Å². The Bertz CT molecular complexity index is 1080. The highest BCUT2D eigenvalue weighted by molar-refractivity contribution is 7.81. The summed E-state index contributed by atoms with van der Waals surface area (Å²) in [5.74, 6) is -0.616. The zero-order valence-electron chi connectivity index (χ0n) is 15.9. The number of ether oxygens (including phenoxy) is 1. The molecule has 1 heterocycles. The Morgan fingerprint density at radius 1 is 1.20 bits per heavy atom. The van der Waals surface area contributed by atoms with Crippen LogP contribution in [0.1, 0.15) is 32.0 Å². The van der Waals surface area contributed by atoms with E-state index in [4.69, 9.17) is 9.84 Å². The van der Waals surface area contributed by atoms with Gasteiger partial charge in [0.25, 0.3) is 0 Å². The fraction of sp³-hybridized carbons (Fsp3) is 0.250. The van der Waals surface area contributed by atoms with Gasteiger partial charge in [-0.1, -0.05) is 12.1 Å². The van der Waals surface area contributed by atoms with Crippen LogP contribution in [-0.2, 0) is 17.4 Å². The molecule has 1 atom stereocenters. The molecule has 1 N–H and O–H groups in total. The van der Waals surface area contributed by atoms with Crippen LogP contribution in [0, 0.1) is 6.92 Å². The average molecular weight is 454 g/mol. The number of aromatic nitrogens is 2. The first-order valence-corrected chi connectivity index (χ1v) is 10.0. The minimum Gasteiger partial charge on any atom is -0.496 e. The van der Waals surface area contributed by atoms with Gasteiger partial charge < -0.3 is 9.84 Å². The van der Waals surface area contributed by atoms with Gasteiger partial charge in [0, 0.05) is 5.56 Å². The quantitative estimate of drug-likeness (QED) is 0.502. The Hall–Kier alpha value is -2.59. The topological polar surface area (TPSA) is 72.3 Å². The van der Waals surface area contributed by atoms with Crippen molar-refractivity contribution in [2.24, 2.45) is 0 Å². The smallest absolute Gasteiger partial charge is 0.416 e. The molecule has 0 fully saturated rings. The van der Waals surface area contributed by atoms with Crippen LogP contribution in [0.5, 0.6) is 5.75 Å². The number of hydrogen-bond acceptors (Lipinski definition) is 6. The summed E-state index contributed by atoms with van der Waals surface area (Å²) < 4.78 is 45.5. The Morgan fingerprint density at radius 3 is 2.50 bits per heavy atom. The lowest BCUT2D eigenvalue weighted by atomic mass is 9.93. The maximum atomic E-state index is 13.4. The fourth-order valence-electron chi connectivity index (χ4n) is 3.02. The molecular weight excluding hydrogens is 437 g/mol. The highest BCUT2D eigenvalue weighted by atomic mass is 32.1. The third kappa shape index (κ3) is 4.76. The first kappa shape index (κ1) is 22.1. The molecule has 1 aromatic heterocycles. The molecule has 158 valence electrons. The number of benzene rings is 2. The van der Waals surface area contributed by atoms with Crippen LogP contribution >= 0.6 is 24.0 Å². The van der Waals surface area contributed by atoms with E-state index in [1.807, 2.05) is 0 Å². The summed E-state index contributed by atoms with van der Waals surface area (Å²) in [6.07, 6.45) is -4.76. The van der Waals surface area contributed by atoms with Crippen molar-refractivity contribution in [2.75, 3.05) is 7.11 Å². The van der Waals surface area contributed by atoms with Crippen molar-refractivity contribution in [3.8, 4) is 16.9 Å². The standard InChI is InChI=1S/C20H17F3N2O3S2/c1-10-24-25-19(30-10)18(29)15-9-12(20(21,22)23)4-5-13(15)14-7-11(8-17(26)27)3-6-16(14)28-2/h3-7,9,18,29H,8H2,1-2H3,(H,26,27). The number of thiol groups is 1. The summed E-state index contributed by atoms with van der Waals surface area (Å²) in [6.45, 7) is 1.74. The largest absolute Gasteiger partial charge is 0.496 e. The van der Waals surface area contributed by atoms with Crippen LogP contribution in [-0.4, -0.2) is 28.4 Å². The second-order valence-electron chi connectivity index (χ2n) is 6.47. The molecule has 0 saturated heterocycles. The predicted octanol–water partition coefficient (Wildman–Crippen LogP) is 5.19. The lowest BCUT2D eigenvalue weighted by molar-refractivity contribution is -0.138. The summed E-state index contributed by atoms with van der Waals surface area (Å²) in [4.78, 5) is 11.1. The zero-order chi connectivity index (χ0) is 22.1. The van der Waals surface area contributed by atoms with E-state index in [1.54, 1.807) is 25.1 Å². The van der Waals surface area contributed by atoms with Crippen molar-refractivity contribution in [1.29, 1.82) is 0 Å². The number of carbonyl (C=O) groups is 1. The SMILES string of the molecule is COc1ccc(CC(=O)O)cc1-c1ccc(C(F)(F)F)cc1C(S)c1nnc(C)s1. The Kier molecular flexibility index (Phi) is 6.37. The summed E-state index contributed by atoms with van der Waals surface area (Å²) in [6, 6.07) is 8.16. The third-order valence-corrected chi connectivity index (χ3v) is 5.96. The van der Waals surface area contributed by atoms with Gasteiger partial charge in [0.1, 0.15) is 15.8 Å². The number of halogens is 3. The van der Waals surface area contributed by atoms with Crippen molar-refractivity contribution in [2.45, 2.75) is 24.8 Å². The number of carboxylic acid groups (broad SMARTS) is 1. The highest BCUT2D eigenvalue weighted by Crippen LogP contribution is 2.43. The molecule has 0 spiro atoms. The molecule has 3 rings (SSSR count). The molecule has 30 heavy (non-hydrogen) atoms. The number of aryl methyl sites for hydroxylation is 1. The molecule has 1 unspecified atom stereocenters. The minimum atomic E-state index is -4.53. The minimum absolute atomic E-state index is 0.229. The molecule has 10 heteroatoms. The molecule has 5 nitrogen and oxygen atoms in total. The average Bonchev–Trinajstić information content (AvgIpc) is 3.12. The molecular formula is C20H17F3N2O3S2. The Balaban J connectivity index is 2.22. The van der Waals surface area contributed by atoms with E-state index in [2.05, 4.69) is 22.8 Å². The first-order chi connectivity index (χ1) is 14.1. The second kappa shape index (κ2) is 8.65. The van der Waals surface area contributed by atoms with Crippen LogP contribution in [0.15, 0.2) is 36.4 Å². The van der Waals surface area contributed by atoms with Crippen molar-refractivity contribution in [3.05, 3.63) is 63.1 Å². The van der Waals surface area contributed by atoms with Crippen molar-refractivity contribution < 1.29 is 27.8 Å². The Morgan fingerprint density at radius 2 is 1.93 bits per heavy atom. The number of methoxy groups -OCH3 is 1. The van der Waals surface area contributed by atoms with E-state index < -0.39 is 23.0 Å². The van der Waals surface area contributed by atoms with Crippen molar-refractivity contribution >= 4 is 29.9 Å². The molecule has 3 aromatic rings. The molecule has 0 radical (unpaired) electrons. The van der Waals surface area contributed by atoms with Crippen LogP contribution in [0.2, 0.25) is 0 Å². The third-order valence-electron chi connectivity index (χ3n) is 4.36. The molecule has 0 amide bonds. The number of alkyl halides is 3. The van der Waals surface area contributed by atoms with Gasteiger partial charge in [-0.25, -0.2) is 0 Å². The lowest BCUT2D eigenvalue weighted by Crippen LogP contribution is -2.08. The van der Waals surface area contributed by atoms with Crippen LogP contribution in [0.4, 0.5) is 13.2 Å². The van der Waals surface area contributed by atoms with E-state index in [1.165, 1.54) is 24.5 Å². The maximum Gasteiger partial charge on any atom is 0.416 e. The van der Waals surface area contributed by atoms with Gasteiger partial charge in [0.2, 0.25) is 0 Å². The molecule has 0 aliphatic heterocycles. The van der Waals surface area contributed by atoms with Gasteiger partial charge in [-0.15, -0.1) is 21.5 Å². The van der Waals surface area contributed by atoms with E-state index >= 15 is 0 Å². The molecule has 0 aliphatic carbocycles. The van der Waals surface area contributed by atoms with E-state index in [0.717, 1.165) is 12.1 Å². The number of hydrogen-bond donors (Lipinski definition) is 2. The van der Waals surface area contributed by atoms with Gasteiger partial charge >= 0.3 is 12.1 Å². The maximum absolute atomic E-state index is 13.4. The van der Waals surface area contributed by atoms with Gasteiger partial charge in [0.15, 0.2) is 0 Å². The predicted molar refractivity (Wildman–Crippen MR) is 110 cm³/mol. The van der Waals surface area contributed by atoms with Crippen LogP contribution < -0.4 is 4.74 Å². The number of aliphatic carboxylic acids is 1. The Labute approximate surface area is 180 Å². The van der Waals surface area contributed by atoms with E-state index in [9.17, 15) is 18.0 Å². The monoisotopic (exact) mass is 454 g/mol. The first-order valence-electron chi connectivity index (χ1n) is 8.68. The van der Waals surface area contributed by atoms with E-state index in [-0.39, 0.29) is 12.0 Å². The van der Waals surface area contributed by atoms with Gasteiger partial charge in [-0.2, -0.15) is 25.8 Å². The summed E-state index contributed by atoms with van der Waals surface area (Å²) in [5.41, 5.74) is 0.865. The number of rotatable bonds is 6. The highest BCUT2D eigenvalue weighted by Gasteiger charge is 2.32. The van der Waals surface area contributed by atoms with Crippen LogP contribution in [0.3, 0.4) is 0 Å². The molecule has 2 aromatic carbocycles. The summed E-state index contributed by atoms with van der Waals surface area (Å²) >= 11 is 5.78. The summed E-state index contributed by atoms with van der Waals surface area (Å²) in [5, 5.41) is 17.4. The van der Waals surface area contributed by atoms with Gasteiger partial charge in [0.05, 0.1) is 24.3 Å². The zero-order valence-corrected chi connectivity index (χ0v) is 17.6. The van der Waals surface area contributed by atoms with Crippen molar-refractivity contribution in [1.82, 2.24) is 10.2 Å². The molecule has 0 saturated carbocycles. The van der Waals surface area contributed by atoms with Crippen molar-refractivity contribution in [3.63, 3.8) is 0 Å². The summed E-state index contributed by atoms with van der Waals surface area (Å²) in [7, 11) is 1.44. The van der Waals surface area contributed by atoms with Crippen LogP contribution in [0.25, 0.3) is 11.1 Å². The van der Waals surface area contributed by atoms with E-state index in [0.29, 0.717) is 32.5 Å². The number of nitrogens with zero attached hydrogens (tertiary/aromatic N) is 2. The molecule has 0 bridgehead atoms. The molecule has 0 aliphatic rings.